The summed E-state index contributed by atoms with van der Waals surface area (Å²) in [5.74, 6) is -0.286. The largest absolute Gasteiger partial charge is 0.382 e. The lowest BCUT2D eigenvalue weighted by Gasteiger charge is -2.10. The minimum atomic E-state index is -0.286. The standard InChI is InChI=1S/C27H22FN7/c1-15(2)32-18-7-16(10-29-12-18)17-8-21-26(34-35-27(21)31-11-17)24-9-20-22(13-30-14-25(20)33-24)19-5-3-4-6-23(19)28/h3-15,32-33H,1-2H3,(H,31,34,35). The molecule has 5 aromatic heterocycles. The Kier molecular flexibility index (Phi) is 4.99. The van der Waals surface area contributed by atoms with Gasteiger partial charge in [-0.15, -0.1) is 0 Å². The highest BCUT2D eigenvalue weighted by atomic mass is 19.1. The van der Waals surface area contributed by atoms with Gasteiger partial charge < -0.3 is 10.3 Å². The lowest BCUT2D eigenvalue weighted by molar-refractivity contribution is 0.631. The first-order valence-corrected chi connectivity index (χ1v) is 11.3. The molecule has 0 amide bonds. The van der Waals surface area contributed by atoms with E-state index in [1.807, 2.05) is 30.7 Å². The van der Waals surface area contributed by atoms with E-state index < -0.39 is 0 Å². The zero-order chi connectivity index (χ0) is 23.9. The normalized spacial score (nSPS) is 11.5. The van der Waals surface area contributed by atoms with E-state index in [2.05, 4.69) is 61.4 Å². The number of nitrogens with one attached hydrogen (secondary N) is 3. The van der Waals surface area contributed by atoms with Crippen LogP contribution in [0.2, 0.25) is 0 Å². The number of hydrogen-bond acceptors (Lipinski definition) is 5. The number of anilines is 1. The number of nitrogens with zero attached hydrogens (tertiary/aromatic N) is 4. The maximum absolute atomic E-state index is 14.5. The predicted octanol–water partition coefficient (Wildman–Crippen LogP) is 6.19. The first kappa shape index (κ1) is 21.0. The van der Waals surface area contributed by atoms with Crippen molar-refractivity contribution >= 4 is 27.6 Å². The highest BCUT2D eigenvalue weighted by Gasteiger charge is 2.16. The summed E-state index contributed by atoms with van der Waals surface area (Å²) in [6.07, 6.45) is 8.87. The van der Waals surface area contributed by atoms with Crippen LogP contribution in [0.15, 0.2) is 73.4 Å². The summed E-state index contributed by atoms with van der Waals surface area (Å²) in [4.78, 5) is 16.7. The number of benzene rings is 1. The first-order valence-electron chi connectivity index (χ1n) is 11.3. The van der Waals surface area contributed by atoms with Gasteiger partial charge in [0.15, 0.2) is 5.65 Å². The molecule has 1 aromatic carbocycles. The second-order valence-corrected chi connectivity index (χ2v) is 8.76. The Bertz CT molecular complexity index is 1680. The van der Waals surface area contributed by atoms with E-state index in [0.29, 0.717) is 17.3 Å². The van der Waals surface area contributed by atoms with E-state index >= 15 is 0 Å². The van der Waals surface area contributed by atoms with Crippen molar-refractivity contribution < 1.29 is 4.39 Å². The molecule has 0 aliphatic heterocycles. The van der Waals surface area contributed by atoms with Gasteiger partial charge in [0.25, 0.3) is 0 Å². The summed E-state index contributed by atoms with van der Waals surface area (Å²) in [5, 5.41) is 12.7. The third-order valence-corrected chi connectivity index (χ3v) is 5.91. The fourth-order valence-corrected chi connectivity index (χ4v) is 4.35. The van der Waals surface area contributed by atoms with E-state index in [1.165, 1.54) is 6.07 Å². The fourth-order valence-electron chi connectivity index (χ4n) is 4.35. The number of rotatable bonds is 5. The van der Waals surface area contributed by atoms with Crippen molar-refractivity contribution in [3.05, 3.63) is 79.3 Å². The molecule has 35 heavy (non-hydrogen) atoms. The van der Waals surface area contributed by atoms with E-state index in [-0.39, 0.29) is 5.82 Å². The lowest BCUT2D eigenvalue weighted by Crippen LogP contribution is -2.09. The Hall–Kier alpha value is -4.59. The molecule has 8 heteroatoms. The molecule has 0 unspecified atom stereocenters. The van der Waals surface area contributed by atoms with Crippen molar-refractivity contribution in [3.63, 3.8) is 0 Å². The van der Waals surface area contributed by atoms with Crippen LogP contribution in [0, 0.1) is 5.82 Å². The van der Waals surface area contributed by atoms with Crippen LogP contribution in [0.25, 0.3) is 55.6 Å². The van der Waals surface area contributed by atoms with E-state index in [9.17, 15) is 4.39 Å². The average molecular weight is 464 g/mol. The van der Waals surface area contributed by atoms with Gasteiger partial charge in [0.2, 0.25) is 0 Å². The number of aromatic amines is 2. The number of pyridine rings is 3. The van der Waals surface area contributed by atoms with Crippen LogP contribution < -0.4 is 5.32 Å². The minimum Gasteiger partial charge on any atom is -0.382 e. The van der Waals surface area contributed by atoms with E-state index in [1.54, 1.807) is 24.5 Å². The maximum atomic E-state index is 14.5. The van der Waals surface area contributed by atoms with E-state index in [4.69, 9.17) is 0 Å². The summed E-state index contributed by atoms with van der Waals surface area (Å²) >= 11 is 0. The van der Waals surface area contributed by atoms with Crippen LogP contribution in [0.1, 0.15) is 13.8 Å². The van der Waals surface area contributed by atoms with Crippen molar-refractivity contribution in [1.82, 2.24) is 30.1 Å². The molecule has 172 valence electrons. The number of hydrogen-bond donors (Lipinski definition) is 3. The Balaban J connectivity index is 1.46. The topological polar surface area (TPSA) is 95.2 Å². The Morgan fingerprint density at radius 3 is 2.54 bits per heavy atom. The van der Waals surface area contributed by atoms with Gasteiger partial charge in [-0.25, -0.2) is 9.37 Å². The first-order chi connectivity index (χ1) is 17.1. The average Bonchev–Trinajstić information content (AvgIpc) is 3.47. The number of fused-ring (bicyclic) bond motifs is 2. The molecular formula is C27H22FN7. The molecule has 0 radical (unpaired) electrons. The SMILES string of the molecule is CC(C)Nc1cncc(-c2cnc3[nH]nc(-c4cc5c(-c6ccccc6F)cncc5[nH]4)c3c2)c1. The zero-order valence-corrected chi connectivity index (χ0v) is 19.2. The highest BCUT2D eigenvalue weighted by molar-refractivity contribution is 6.00. The molecule has 6 aromatic rings. The monoisotopic (exact) mass is 463 g/mol. The van der Waals surface area contributed by atoms with Crippen molar-refractivity contribution in [3.8, 4) is 33.6 Å². The smallest absolute Gasteiger partial charge is 0.155 e. The Labute approximate surface area is 200 Å². The molecule has 6 rings (SSSR count). The molecule has 0 aliphatic rings. The zero-order valence-electron chi connectivity index (χ0n) is 19.2. The van der Waals surface area contributed by atoms with Crippen LogP contribution in [-0.4, -0.2) is 36.2 Å². The van der Waals surface area contributed by atoms with Crippen molar-refractivity contribution in [2.45, 2.75) is 19.9 Å². The van der Waals surface area contributed by atoms with Gasteiger partial charge in [0.1, 0.15) is 11.5 Å². The third kappa shape index (κ3) is 3.78. The van der Waals surface area contributed by atoms with E-state index in [0.717, 1.165) is 50.1 Å². The lowest BCUT2D eigenvalue weighted by atomic mass is 10.0. The second kappa shape index (κ2) is 8.32. The summed E-state index contributed by atoms with van der Waals surface area (Å²) in [5.41, 5.74) is 7.09. The van der Waals surface area contributed by atoms with Gasteiger partial charge in [-0.1, -0.05) is 18.2 Å². The molecule has 3 N–H and O–H groups in total. The summed E-state index contributed by atoms with van der Waals surface area (Å²) in [7, 11) is 0. The van der Waals surface area contributed by atoms with Crippen LogP contribution in [-0.2, 0) is 0 Å². The van der Waals surface area contributed by atoms with Gasteiger partial charge in [0, 0.05) is 63.9 Å². The van der Waals surface area contributed by atoms with Crippen molar-refractivity contribution in [2.24, 2.45) is 0 Å². The molecule has 0 spiro atoms. The summed E-state index contributed by atoms with van der Waals surface area (Å²) in [6, 6.07) is 13.1. The summed E-state index contributed by atoms with van der Waals surface area (Å²) in [6.45, 7) is 4.18. The predicted molar refractivity (Wildman–Crippen MR) is 136 cm³/mol. The molecule has 0 aliphatic carbocycles. The Morgan fingerprint density at radius 2 is 1.69 bits per heavy atom. The minimum absolute atomic E-state index is 0.286. The van der Waals surface area contributed by atoms with Crippen LogP contribution in [0.5, 0.6) is 0 Å². The quantitative estimate of drug-likeness (QED) is 0.283. The molecule has 0 bridgehead atoms. The molecular weight excluding hydrogens is 441 g/mol. The number of halogens is 1. The molecule has 7 nitrogen and oxygen atoms in total. The van der Waals surface area contributed by atoms with Crippen molar-refractivity contribution in [2.75, 3.05) is 5.32 Å². The number of H-pyrrole nitrogens is 2. The van der Waals surface area contributed by atoms with Gasteiger partial charge in [0.05, 0.1) is 23.1 Å². The van der Waals surface area contributed by atoms with Gasteiger partial charge in [-0.05, 0) is 38.1 Å². The molecule has 0 fully saturated rings. The van der Waals surface area contributed by atoms with Crippen LogP contribution in [0.4, 0.5) is 10.1 Å². The van der Waals surface area contributed by atoms with Crippen LogP contribution in [0.3, 0.4) is 0 Å². The Morgan fingerprint density at radius 1 is 0.857 bits per heavy atom. The van der Waals surface area contributed by atoms with Gasteiger partial charge in [-0.2, -0.15) is 5.10 Å². The molecule has 0 saturated carbocycles. The summed E-state index contributed by atoms with van der Waals surface area (Å²) < 4.78 is 14.5. The molecule has 0 atom stereocenters. The highest BCUT2D eigenvalue weighted by Crippen LogP contribution is 2.35. The second-order valence-electron chi connectivity index (χ2n) is 8.76. The molecule has 5 heterocycles. The third-order valence-electron chi connectivity index (χ3n) is 5.91. The molecule has 0 saturated heterocycles. The van der Waals surface area contributed by atoms with Crippen LogP contribution >= 0.6 is 0 Å². The maximum Gasteiger partial charge on any atom is 0.155 e. The van der Waals surface area contributed by atoms with Crippen molar-refractivity contribution in [1.29, 1.82) is 0 Å². The fraction of sp³-hybridized carbons (Fsp3) is 0.111. The van der Waals surface area contributed by atoms with Gasteiger partial charge in [-0.3, -0.25) is 15.1 Å². The number of aromatic nitrogens is 6. The van der Waals surface area contributed by atoms with Gasteiger partial charge >= 0.3 is 0 Å².